The molecule has 4 rings (SSSR count). The molecule has 0 amide bonds. The Labute approximate surface area is 175 Å². The molecule has 0 N–H and O–H groups in total. The third kappa shape index (κ3) is 3.36. The van der Waals surface area contributed by atoms with Crippen molar-refractivity contribution in [3.63, 3.8) is 0 Å². The Balaban J connectivity index is 0.00000225. The molecule has 0 atom stereocenters. The Morgan fingerprint density at radius 2 is 1.64 bits per heavy atom. The van der Waals surface area contributed by atoms with Crippen LogP contribution in [0.25, 0.3) is 22.2 Å². The molecule has 2 aromatic heterocycles. The second-order valence-corrected chi connectivity index (χ2v) is 7.79. The minimum atomic E-state index is 0. The van der Waals surface area contributed by atoms with Crippen LogP contribution in [0.4, 0.5) is 10.8 Å². The number of rotatable bonds is 4. The van der Waals surface area contributed by atoms with E-state index >= 15 is 0 Å². The summed E-state index contributed by atoms with van der Waals surface area (Å²) in [6.45, 7) is 7.29. The van der Waals surface area contributed by atoms with Gasteiger partial charge in [0.15, 0.2) is 0 Å². The van der Waals surface area contributed by atoms with Crippen molar-refractivity contribution in [2.24, 2.45) is 17.3 Å². The Hall–Kier alpha value is -2.50. The lowest BCUT2D eigenvalue weighted by Gasteiger charge is -2.08. The van der Waals surface area contributed by atoms with E-state index in [1.165, 1.54) is 16.1 Å². The van der Waals surface area contributed by atoms with E-state index in [0.29, 0.717) is 0 Å². The highest BCUT2D eigenvalue weighted by Gasteiger charge is 2.21. The summed E-state index contributed by atoms with van der Waals surface area (Å²) in [4.78, 5) is 1.27. The van der Waals surface area contributed by atoms with Gasteiger partial charge in [-0.3, -0.25) is 0 Å². The van der Waals surface area contributed by atoms with Crippen LogP contribution in [-0.4, -0.2) is 4.57 Å². The van der Waals surface area contributed by atoms with Crippen LogP contribution >= 0.6 is 11.3 Å². The molecule has 2 aromatic carbocycles. The second-order valence-electron chi connectivity index (χ2n) is 6.61. The van der Waals surface area contributed by atoms with Gasteiger partial charge in [0, 0.05) is 17.5 Å². The van der Waals surface area contributed by atoms with E-state index in [0.717, 1.165) is 34.0 Å². The van der Waals surface area contributed by atoms with Crippen molar-refractivity contribution in [1.29, 1.82) is 0 Å². The first-order valence-electron chi connectivity index (χ1n) is 9.16. The van der Waals surface area contributed by atoms with Gasteiger partial charge >= 0.3 is 5.13 Å². The van der Waals surface area contributed by atoms with Gasteiger partial charge in [0.25, 0.3) is 0 Å². The van der Waals surface area contributed by atoms with Crippen LogP contribution < -0.4 is 17.0 Å². The zero-order chi connectivity index (χ0) is 19.0. The van der Waals surface area contributed by atoms with Gasteiger partial charge in [-0.25, -0.2) is 4.57 Å². The quantitative estimate of drug-likeness (QED) is 0.365. The molecule has 0 bridgehead atoms. The molecule has 0 aliphatic carbocycles. The largest absolute Gasteiger partial charge is 1.00 e. The SMILES string of the molecule is CCn1c(-c2ccccc2)c(N=Nc2sc(C)c(C)[n+]2C)c2ccccc21.[Cl-]. The standard InChI is InChI=1S/C22H23N4S.ClH/c1-5-26-19-14-10-9-13-18(19)20(21(26)17-11-7-6-8-12-17)23-24-22-25(4)15(2)16(3)27-22;/h6-14H,5H2,1-4H3;1H/q+1;/p-1. The lowest BCUT2D eigenvalue weighted by Crippen LogP contribution is -3.00. The number of aryl methyl sites for hydroxylation is 2. The summed E-state index contributed by atoms with van der Waals surface area (Å²) >= 11 is 1.68. The topological polar surface area (TPSA) is 33.5 Å². The van der Waals surface area contributed by atoms with Crippen molar-refractivity contribution in [3.05, 3.63) is 65.2 Å². The summed E-state index contributed by atoms with van der Waals surface area (Å²) in [5.41, 5.74) is 5.63. The first-order chi connectivity index (χ1) is 13.1. The zero-order valence-corrected chi connectivity index (χ0v) is 18.1. The van der Waals surface area contributed by atoms with Gasteiger partial charge in [0.05, 0.1) is 28.2 Å². The highest BCUT2D eigenvalue weighted by atomic mass is 35.5. The van der Waals surface area contributed by atoms with E-state index in [-0.39, 0.29) is 12.4 Å². The summed E-state index contributed by atoms with van der Waals surface area (Å²) in [5, 5.41) is 11.4. The minimum absolute atomic E-state index is 0. The number of nitrogens with zero attached hydrogens (tertiary/aromatic N) is 4. The third-order valence-corrected chi connectivity index (χ3v) is 6.23. The van der Waals surface area contributed by atoms with Crippen LogP contribution in [-0.2, 0) is 13.6 Å². The maximum absolute atomic E-state index is 4.76. The first kappa shape index (κ1) is 20.2. The van der Waals surface area contributed by atoms with Crippen molar-refractivity contribution in [2.75, 3.05) is 0 Å². The Bertz CT molecular complexity index is 1140. The lowest BCUT2D eigenvalue weighted by atomic mass is 10.1. The van der Waals surface area contributed by atoms with Crippen molar-refractivity contribution in [1.82, 2.24) is 4.57 Å². The highest BCUT2D eigenvalue weighted by molar-refractivity contribution is 7.14. The van der Waals surface area contributed by atoms with Crippen LogP contribution in [0.1, 0.15) is 17.5 Å². The average molecular weight is 411 g/mol. The maximum atomic E-state index is 4.76. The number of para-hydroxylation sites is 1. The van der Waals surface area contributed by atoms with Gasteiger partial charge in [-0.05, 0) is 43.3 Å². The fourth-order valence-corrected chi connectivity index (χ4v) is 4.36. The van der Waals surface area contributed by atoms with Gasteiger partial charge in [0.2, 0.25) is 0 Å². The van der Waals surface area contributed by atoms with Crippen molar-refractivity contribution >= 4 is 33.1 Å². The van der Waals surface area contributed by atoms with Crippen molar-refractivity contribution in [2.45, 2.75) is 27.3 Å². The van der Waals surface area contributed by atoms with Gasteiger partial charge in [-0.2, -0.15) is 0 Å². The summed E-state index contributed by atoms with van der Waals surface area (Å²) in [6, 6.07) is 18.9. The van der Waals surface area contributed by atoms with E-state index in [4.69, 9.17) is 5.11 Å². The number of aromatic nitrogens is 2. The van der Waals surface area contributed by atoms with E-state index in [1.807, 2.05) is 13.1 Å². The first-order valence-corrected chi connectivity index (χ1v) is 9.97. The summed E-state index contributed by atoms with van der Waals surface area (Å²) < 4.78 is 4.43. The Kier molecular flexibility index (Phi) is 5.96. The fourth-order valence-electron chi connectivity index (χ4n) is 3.44. The molecular formula is C22H23ClN4S. The molecule has 0 radical (unpaired) electrons. The Morgan fingerprint density at radius 1 is 0.964 bits per heavy atom. The zero-order valence-electron chi connectivity index (χ0n) is 16.5. The van der Waals surface area contributed by atoms with E-state index in [9.17, 15) is 0 Å². The van der Waals surface area contributed by atoms with Crippen LogP contribution in [0, 0.1) is 13.8 Å². The van der Waals surface area contributed by atoms with Gasteiger partial charge in [-0.15, -0.1) is 0 Å². The molecule has 0 unspecified atom stereocenters. The number of halogens is 1. The van der Waals surface area contributed by atoms with Crippen LogP contribution in [0.15, 0.2) is 64.8 Å². The minimum Gasteiger partial charge on any atom is -1.00 e. The molecule has 2 heterocycles. The van der Waals surface area contributed by atoms with Gasteiger partial charge < -0.3 is 17.0 Å². The van der Waals surface area contributed by atoms with Crippen LogP contribution in [0.5, 0.6) is 0 Å². The molecule has 0 fully saturated rings. The lowest BCUT2D eigenvalue weighted by molar-refractivity contribution is -0.660. The number of thiazole rings is 1. The number of fused-ring (bicyclic) bond motifs is 1. The molecule has 4 nitrogen and oxygen atoms in total. The number of hydrogen-bond donors (Lipinski definition) is 0. The van der Waals surface area contributed by atoms with Crippen molar-refractivity contribution < 1.29 is 17.0 Å². The maximum Gasteiger partial charge on any atom is 0.408 e. The molecule has 28 heavy (non-hydrogen) atoms. The summed E-state index contributed by atoms with van der Waals surface area (Å²) in [7, 11) is 2.04. The number of hydrogen-bond acceptors (Lipinski definition) is 3. The molecule has 0 saturated carbocycles. The molecule has 0 spiro atoms. The molecular weight excluding hydrogens is 388 g/mol. The van der Waals surface area contributed by atoms with E-state index in [2.05, 4.69) is 83.6 Å². The molecule has 0 saturated heterocycles. The molecule has 144 valence electrons. The average Bonchev–Trinajstić information content (AvgIpc) is 3.15. The monoisotopic (exact) mass is 410 g/mol. The molecule has 0 aliphatic heterocycles. The third-order valence-electron chi connectivity index (χ3n) is 5.09. The second kappa shape index (κ2) is 8.25. The molecule has 4 aromatic rings. The Morgan fingerprint density at radius 3 is 2.29 bits per heavy atom. The highest BCUT2D eigenvalue weighted by Crippen LogP contribution is 2.41. The molecule has 0 aliphatic rings. The summed E-state index contributed by atoms with van der Waals surface area (Å²) in [5.74, 6) is 0. The number of azo groups is 1. The smallest absolute Gasteiger partial charge is 0.408 e. The van der Waals surface area contributed by atoms with Gasteiger partial charge in [-0.1, -0.05) is 48.5 Å². The predicted octanol–water partition coefficient (Wildman–Crippen LogP) is 3.25. The van der Waals surface area contributed by atoms with E-state index in [1.54, 1.807) is 11.3 Å². The predicted molar refractivity (Wildman–Crippen MR) is 112 cm³/mol. The normalized spacial score (nSPS) is 11.3. The van der Waals surface area contributed by atoms with E-state index < -0.39 is 0 Å². The van der Waals surface area contributed by atoms with Crippen LogP contribution in [0.2, 0.25) is 0 Å². The molecule has 6 heteroatoms. The fraction of sp³-hybridized carbons (Fsp3) is 0.227. The van der Waals surface area contributed by atoms with Gasteiger partial charge in [0.1, 0.15) is 11.4 Å². The summed E-state index contributed by atoms with van der Waals surface area (Å²) in [6.07, 6.45) is 0. The number of benzene rings is 2. The van der Waals surface area contributed by atoms with Crippen molar-refractivity contribution in [3.8, 4) is 11.3 Å². The van der Waals surface area contributed by atoms with Crippen LogP contribution in [0.3, 0.4) is 0 Å².